The van der Waals surface area contributed by atoms with Gasteiger partial charge in [0, 0.05) is 5.69 Å². The van der Waals surface area contributed by atoms with Gasteiger partial charge in [0.1, 0.15) is 0 Å². The number of hydrogen-bond acceptors (Lipinski definition) is 5. The highest BCUT2D eigenvalue weighted by Gasteiger charge is 2.37. The van der Waals surface area contributed by atoms with Crippen molar-refractivity contribution < 1.29 is 32.2 Å². The van der Waals surface area contributed by atoms with E-state index < -0.39 is 23.5 Å². The highest BCUT2D eigenvalue weighted by Crippen LogP contribution is 2.32. The zero-order valence-corrected chi connectivity index (χ0v) is 15.2. The molecule has 0 fully saturated rings. The van der Waals surface area contributed by atoms with E-state index in [1.54, 1.807) is 37.3 Å². The molecule has 1 heterocycles. The van der Waals surface area contributed by atoms with Crippen LogP contribution >= 0.6 is 0 Å². The number of benzene rings is 2. The van der Waals surface area contributed by atoms with Gasteiger partial charge in [0.25, 0.3) is 0 Å². The lowest BCUT2D eigenvalue weighted by atomic mass is 10.1. The molecule has 29 heavy (non-hydrogen) atoms. The number of carbonyl (C=O) groups is 2. The molecule has 150 valence electrons. The maximum absolute atomic E-state index is 12.9. The van der Waals surface area contributed by atoms with Crippen molar-refractivity contribution in [2.24, 2.45) is 0 Å². The van der Waals surface area contributed by atoms with E-state index in [1.807, 2.05) is 0 Å². The fraction of sp³-hybridized carbons (Fsp3) is 0.143. The number of anilines is 1. The third-order valence-corrected chi connectivity index (χ3v) is 3.91. The lowest BCUT2D eigenvalue weighted by Crippen LogP contribution is -2.16. The molecule has 0 amide bonds. The molecule has 1 N–H and O–H groups in total. The summed E-state index contributed by atoms with van der Waals surface area (Å²) in [6.45, 7) is 1.63. The van der Waals surface area contributed by atoms with Crippen molar-refractivity contribution in [2.75, 3.05) is 11.9 Å². The van der Waals surface area contributed by atoms with Crippen molar-refractivity contribution >= 4 is 23.5 Å². The number of Topliss-reactive ketones (excluding diaryl/α,β-unsaturated/α-hetero) is 1. The van der Waals surface area contributed by atoms with Crippen LogP contribution in [0.4, 0.5) is 18.9 Å². The molecule has 5 nitrogen and oxygen atoms in total. The summed E-state index contributed by atoms with van der Waals surface area (Å²) in [6.07, 6.45) is -3.38. The molecule has 2 aromatic carbocycles. The Morgan fingerprint density at radius 3 is 2.52 bits per heavy atom. The van der Waals surface area contributed by atoms with Crippen LogP contribution in [0, 0.1) is 0 Å². The monoisotopic (exact) mass is 403 g/mol. The van der Waals surface area contributed by atoms with Crippen LogP contribution in [-0.2, 0) is 25.2 Å². The molecule has 0 saturated heterocycles. The maximum Gasteiger partial charge on any atom is 0.416 e. The Bertz CT molecular complexity index is 994. The van der Waals surface area contributed by atoms with Crippen molar-refractivity contribution in [1.29, 1.82) is 0 Å². The van der Waals surface area contributed by atoms with Gasteiger partial charge in [0.05, 0.1) is 12.2 Å². The first-order valence-corrected chi connectivity index (χ1v) is 8.64. The average Bonchev–Trinajstić information content (AvgIpc) is 2.97. The standard InChI is InChI=1S/C21H16F3NO4/c1-2-28-20(27)17-18(26)16(29-19(17)25-15-9-4-3-5-10-15)12-13-7-6-8-14(11-13)21(22,23)24/h3-12,25H,2H2,1H3/b16-12-. The Balaban J connectivity index is 1.95. The van der Waals surface area contributed by atoms with Crippen molar-refractivity contribution in [2.45, 2.75) is 13.1 Å². The first-order chi connectivity index (χ1) is 13.8. The molecule has 0 atom stereocenters. The van der Waals surface area contributed by atoms with E-state index in [0.717, 1.165) is 18.2 Å². The number of halogens is 3. The first kappa shape index (κ1) is 20.2. The predicted octanol–water partition coefficient (Wildman–Crippen LogP) is 4.53. The normalized spacial score (nSPS) is 15.4. The quantitative estimate of drug-likeness (QED) is 0.451. The van der Waals surface area contributed by atoms with Crippen LogP contribution in [0.25, 0.3) is 6.08 Å². The number of esters is 1. The molecule has 0 saturated carbocycles. The highest BCUT2D eigenvalue weighted by molar-refractivity contribution is 6.26. The summed E-state index contributed by atoms with van der Waals surface area (Å²) in [5.74, 6) is -2.09. The molecular formula is C21H16F3NO4. The Labute approximate surface area is 164 Å². The molecule has 3 rings (SSSR count). The minimum atomic E-state index is -4.52. The van der Waals surface area contributed by atoms with Crippen molar-refractivity contribution in [3.63, 3.8) is 0 Å². The minimum absolute atomic E-state index is 0.0426. The number of carbonyl (C=O) groups excluding carboxylic acids is 2. The summed E-state index contributed by atoms with van der Waals surface area (Å²) >= 11 is 0. The van der Waals surface area contributed by atoms with E-state index in [9.17, 15) is 22.8 Å². The predicted molar refractivity (Wildman–Crippen MR) is 99.2 cm³/mol. The Morgan fingerprint density at radius 1 is 1.14 bits per heavy atom. The van der Waals surface area contributed by atoms with E-state index in [1.165, 1.54) is 12.1 Å². The highest BCUT2D eigenvalue weighted by atomic mass is 19.4. The number of nitrogens with one attached hydrogen (secondary N) is 1. The smallest absolute Gasteiger partial charge is 0.416 e. The first-order valence-electron chi connectivity index (χ1n) is 8.64. The lowest BCUT2D eigenvalue weighted by Gasteiger charge is -2.09. The number of alkyl halides is 3. The molecule has 1 aliphatic rings. The van der Waals surface area contributed by atoms with Crippen molar-refractivity contribution in [3.8, 4) is 0 Å². The van der Waals surface area contributed by atoms with Gasteiger partial charge in [0.2, 0.25) is 11.7 Å². The number of ketones is 1. The third-order valence-electron chi connectivity index (χ3n) is 3.91. The number of allylic oxidation sites excluding steroid dienone is 1. The number of para-hydroxylation sites is 1. The molecule has 0 unspecified atom stereocenters. The molecule has 0 aliphatic carbocycles. The molecule has 0 aromatic heterocycles. The third kappa shape index (κ3) is 4.66. The van der Waals surface area contributed by atoms with E-state index in [0.29, 0.717) is 5.69 Å². The van der Waals surface area contributed by atoms with Crippen molar-refractivity contribution in [3.05, 3.63) is 82.9 Å². The van der Waals surface area contributed by atoms with Gasteiger partial charge >= 0.3 is 12.1 Å². The van der Waals surface area contributed by atoms with Crippen LogP contribution in [0.15, 0.2) is 71.8 Å². The number of ether oxygens (including phenoxy) is 2. The van der Waals surface area contributed by atoms with E-state index in [-0.39, 0.29) is 29.4 Å². The van der Waals surface area contributed by atoms with Crippen LogP contribution in [0.5, 0.6) is 0 Å². The van der Waals surface area contributed by atoms with Gasteiger partial charge in [-0.2, -0.15) is 13.2 Å². The van der Waals surface area contributed by atoms with E-state index in [2.05, 4.69) is 5.32 Å². The topological polar surface area (TPSA) is 64.6 Å². The van der Waals surface area contributed by atoms with E-state index in [4.69, 9.17) is 9.47 Å². The summed E-state index contributed by atoms with van der Waals surface area (Å²) in [5.41, 5.74) is -0.558. The minimum Gasteiger partial charge on any atom is -0.462 e. The van der Waals surface area contributed by atoms with Crippen LogP contribution < -0.4 is 5.32 Å². The zero-order chi connectivity index (χ0) is 21.0. The maximum atomic E-state index is 12.9. The van der Waals surface area contributed by atoms with Gasteiger partial charge in [-0.05, 0) is 42.8 Å². The summed E-state index contributed by atoms with van der Waals surface area (Å²) in [5, 5.41) is 2.83. The van der Waals surface area contributed by atoms with Crippen LogP contribution in [0.2, 0.25) is 0 Å². The molecule has 0 spiro atoms. The molecule has 8 heteroatoms. The zero-order valence-electron chi connectivity index (χ0n) is 15.2. The van der Waals surface area contributed by atoms with Gasteiger partial charge in [-0.25, -0.2) is 4.79 Å². The summed E-state index contributed by atoms with van der Waals surface area (Å²) in [7, 11) is 0. The van der Waals surface area contributed by atoms with Gasteiger partial charge in [-0.1, -0.05) is 30.3 Å². The number of rotatable bonds is 5. The second-order valence-corrected chi connectivity index (χ2v) is 5.98. The van der Waals surface area contributed by atoms with Gasteiger partial charge < -0.3 is 14.8 Å². The molecule has 0 radical (unpaired) electrons. The Morgan fingerprint density at radius 2 is 1.86 bits per heavy atom. The van der Waals surface area contributed by atoms with Crippen molar-refractivity contribution in [1.82, 2.24) is 0 Å². The van der Waals surface area contributed by atoms with E-state index >= 15 is 0 Å². The molecular weight excluding hydrogens is 387 g/mol. The fourth-order valence-corrected chi connectivity index (χ4v) is 2.61. The molecule has 0 bridgehead atoms. The molecule has 1 aliphatic heterocycles. The van der Waals surface area contributed by atoms with Gasteiger partial charge in [-0.3, -0.25) is 4.79 Å². The largest absolute Gasteiger partial charge is 0.462 e. The Kier molecular flexibility index (Phi) is 5.72. The number of hydrogen-bond donors (Lipinski definition) is 1. The summed E-state index contributed by atoms with van der Waals surface area (Å²) in [6, 6.07) is 13.1. The molecule has 2 aromatic rings. The van der Waals surface area contributed by atoms with Crippen LogP contribution in [0.1, 0.15) is 18.1 Å². The van der Waals surface area contributed by atoms with Crippen LogP contribution in [0.3, 0.4) is 0 Å². The van der Waals surface area contributed by atoms with Gasteiger partial charge in [0.15, 0.2) is 11.3 Å². The summed E-state index contributed by atoms with van der Waals surface area (Å²) in [4.78, 5) is 24.9. The second kappa shape index (κ2) is 8.22. The van der Waals surface area contributed by atoms with Crippen LogP contribution in [-0.4, -0.2) is 18.4 Å². The second-order valence-electron chi connectivity index (χ2n) is 5.98. The average molecular weight is 403 g/mol. The Hall–Kier alpha value is -3.55. The van der Waals surface area contributed by atoms with Gasteiger partial charge in [-0.15, -0.1) is 0 Å². The SMILES string of the molecule is CCOC(=O)C1=C(Nc2ccccc2)O/C(=C\c2cccc(C(F)(F)F)c2)C1=O. The fourth-order valence-electron chi connectivity index (χ4n) is 2.61. The summed E-state index contributed by atoms with van der Waals surface area (Å²) < 4.78 is 49.1. The lowest BCUT2D eigenvalue weighted by molar-refractivity contribution is -0.140.